The van der Waals surface area contributed by atoms with Crippen molar-refractivity contribution in [1.82, 2.24) is 0 Å². The molecule has 0 aliphatic rings. The minimum atomic E-state index is -3.11. The lowest BCUT2D eigenvalue weighted by atomic mass is 10.8. The Morgan fingerprint density at radius 1 is 2.00 bits per heavy atom. The molecule has 4 nitrogen and oxygen atoms in total. The predicted molar refractivity (Wildman–Crippen MR) is 35.2 cm³/mol. The van der Waals surface area contributed by atoms with Crippen LogP contribution in [-0.2, 0) is 16.3 Å². The van der Waals surface area contributed by atoms with Crippen molar-refractivity contribution in [3.8, 4) is 0 Å². The van der Waals surface area contributed by atoms with Crippen molar-refractivity contribution in [1.29, 1.82) is 5.41 Å². The van der Waals surface area contributed by atoms with Crippen LogP contribution in [0.1, 0.15) is 6.92 Å². The Hall–Kier alpha value is 0.0400. The molecule has 0 amide bonds. The van der Waals surface area contributed by atoms with Crippen molar-refractivity contribution in [2.75, 3.05) is 0 Å². The number of hydrogen-bond donors (Lipinski definition) is 3. The van der Waals surface area contributed by atoms with Crippen molar-refractivity contribution < 1.29 is 9.42 Å². The molecule has 1 unspecified atom stereocenters. The summed E-state index contributed by atoms with van der Waals surface area (Å²) in [4.78, 5) is 8.53. The Bertz CT molecular complexity index is 141. The van der Waals surface area contributed by atoms with Crippen LogP contribution < -0.4 is 5.50 Å². The Morgan fingerprint density at radius 2 is 2.38 bits per heavy atom. The zero-order valence-electron chi connectivity index (χ0n) is 4.29. The highest BCUT2D eigenvalue weighted by Crippen LogP contribution is 2.31. The van der Waals surface area contributed by atoms with Gasteiger partial charge in [0.05, 0.1) is 0 Å². The molecular formula is C2H7N2O2PS. The molecule has 0 heterocycles. The number of rotatable bonds is 1. The topological polar surface area (TPSA) is 79.3 Å². The van der Waals surface area contributed by atoms with Crippen molar-refractivity contribution in [3.05, 3.63) is 0 Å². The van der Waals surface area contributed by atoms with E-state index >= 15 is 0 Å². The molecule has 0 aliphatic carbocycles. The van der Waals surface area contributed by atoms with Crippen molar-refractivity contribution >= 4 is 24.3 Å². The summed E-state index contributed by atoms with van der Waals surface area (Å²) < 4.78 is 4.28. The van der Waals surface area contributed by atoms with E-state index in [0.717, 1.165) is 0 Å². The molecule has 0 spiro atoms. The summed E-state index contributed by atoms with van der Waals surface area (Å²) >= 11 is 4.24. The van der Waals surface area contributed by atoms with Crippen LogP contribution in [0.5, 0.6) is 0 Å². The second kappa shape index (κ2) is 2.55. The van der Waals surface area contributed by atoms with Gasteiger partial charge < -0.3 is 9.42 Å². The van der Waals surface area contributed by atoms with Crippen LogP contribution in [0, 0.1) is 5.41 Å². The van der Waals surface area contributed by atoms with Gasteiger partial charge in [-0.2, -0.15) is 0 Å². The highest BCUT2D eigenvalue weighted by molar-refractivity contribution is 8.08. The average Bonchev–Trinajstić information content (AvgIpc) is 1.21. The smallest absolute Gasteiger partial charge is 0.308 e. The Balaban J connectivity index is 3.74. The molecule has 48 valence electrons. The molecule has 0 bridgehead atoms. The van der Waals surface area contributed by atoms with Gasteiger partial charge in [-0.3, -0.25) is 5.41 Å². The molecule has 4 N–H and O–H groups in total. The minimum Gasteiger partial charge on any atom is -0.420 e. The zero-order chi connectivity index (χ0) is 6.78. The molecule has 0 aromatic carbocycles. The first kappa shape index (κ1) is 8.04. The van der Waals surface area contributed by atoms with E-state index in [1.54, 1.807) is 0 Å². The van der Waals surface area contributed by atoms with E-state index in [-0.39, 0.29) is 5.90 Å². The maximum Gasteiger partial charge on any atom is 0.308 e. The van der Waals surface area contributed by atoms with Crippen molar-refractivity contribution in [2.45, 2.75) is 6.92 Å². The van der Waals surface area contributed by atoms with Crippen LogP contribution in [0.4, 0.5) is 0 Å². The van der Waals surface area contributed by atoms with E-state index in [2.05, 4.69) is 16.3 Å². The molecule has 0 rings (SSSR count). The van der Waals surface area contributed by atoms with Crippen LogP contribution in [0.15, 0.2) is 0 Å². The summed E-state index contributed by atoms with van der Waals surface area (Å²) in [7, 11) is 0. The molecule has 0 aromatic heterocycles. The highest BCUT2D eigenvalue weighted by Gasteiger charge is 2.04. The maximum absolute atomic E-state index is 8.53. The van der Waals surface area contributed by atoms with E-state index < -0.39 is 6.64 Å². The lowest BCUT2D eigenvalue weighted by Gasteiger charge is -2.07. The van der Waals surface area contributed by atoms with Gasteiger partial charge in [-0.25, -0.2) is 5.50 Å². The predicted octanol–water partition coefficient (Wildman–Crippen LogP) is 0.176. The third-order valence-electron chi connectivity index (χ3n) is 0.268. The molecule has 0 radical (unpaired) electrons. The molecule has 1 atom stereocenters. The summed E-state index contributed by atoms with van der Waals surface area (Å²) in [6.07, 6.45) is 0. The minimum absolute atomic E-state index is 0.154. The molecule has 0 aliphatic heterocycles. The van der Waals surface area contributed by atoms with Gasteiger partial charge >= 0.3 is 6.64 Å². The van der Waals surface area contributed by atoms with Crippen molar-refractivity contribution in [3.63, 3.8) is 0 Å². The number of hydrogen-bond acceptors (Lipinski definition) is 3. The average molecular weight is 154 g/mol. The zero-order valence-corrected chi connectivity index (χ0v) is 6.00. The van der Waals surface area contributed by atoms with Crippen molar-refractivity contribution in [2.24, 2.45) is 5.50 Å². The van der Waals surface area contributed by atoms with Gasteiger partial charge in [-0.15, -0.1) is 0 Å². The van der Waals surface area contributed by atoms with Gasteiger partial charge in [0.15, 0.2) is 5.90 Å². The van der Waals surface area contributed by atoms with Crippen LogP contribution in [0.3, 0.4) is 0 Å². The van der Waals surface area contributed by atoms with E-state index in [4.69, 9.17) is 15.8 Å². The molecule has 0 aromatic rings. The van der Waals surface area contributed by atoms with E-state index in [1.807, 2.05) is 0 Å². The van der Waals surface area contributed by atoms with Gasteiger partial charge in [-0.05, 0) is 11.8 Å². The van der Waals surface area contributed by atoms with Gasteiger partial charge in [0.1, 0.15) is 0 Å². The summed E-state index contributed by atoms with van der Waals surface area (Å²) in [6, 6.07) is 0. The number of nitrogens with two attached hydrogens (primary N) is 1. The fourth-order valence-electron chi connectivity index (χ4n) is 0.196. The summed E-state index contributed by atoms with van der Waals surface area (Å²) in [6.45, 7) is -1.76. The highest BCUT2D eigenvalue weighted by atomic mass is 32.5. The van der Waals surface area contributed by atoms with Gasteiger partial charge in [0, 0.05) is 6.92 Å². The van der Waals surface area contributed by atoms with Crippen LogP contribution >= 0.6 is 6.64 Å². The maximum atomic E-state index is 8.53. The fourth-order valence-corrected chi connectivity index (χ4v) is 0.924. The normalized spacial score (nSPS) is 16.9. The second-order valence-corrected chi connectivity index (χ2v) is 4.09. The van der Waals surface area contributed by atoms with E-state index in [1.165, 1.54) is 6.92 Å². The standard InChI is InChI=1S/C2H7N2O2PS/c1-2(3)6-7(4,5)8/h3H,1H3,(H3,4,5,8). The van der Waals surface area contributed by atoms with Crippen LogP contribution in [0.25, 0.3) is 0 Å². The first-order valence-electron chi connectivity index (χ1n) is 1.78. The molecule has 0 saturated carbocycles. The lowest BCUT2D eigenvalue weighted by Crippen LogP contribution is -2.01. The second-order valence-electron chi connectivity index (χ2n) is 1.21. The monoisotopic (exact) mass is 154 g/mol. The van der Waals surface area contributed by atoms with E-state index in [9.17, 15) is 0 Å². The van der Waals surface area contributed by atoms with Crippen LogP contribution in [-0.4, -0.2) is 10.8 Å². The third-order valence-corrected chi connectivity index (χ3v) is 1.03. The summed E-state index contributed by atoms with van der Waals surface area (Å²) in [5.41, 5.74) is 4.85. The SMILES string of the molecule is CC(=N)OP(N)(O)=S. The first-order chi connectivity index (χ1) is 3.42. The largest absolute Gasteiger partial charge is 0.420 e. The molecule has 6 heteroatoms. The quantitative estimate of drug-likeness (QED) is 0.286. The summed E-state index contributed by atoms with van der Waals surface area (Å²) in [5, 5.41) is 6.65. The van der Waals surface area contributed by atoms with Gasteiger partial charge in [-0.1, -0.05) is 0 Å². The molecule has 8 heavy (non-hydrogen) atoms. The number of nitrogens with one attached hydrogen (secondary N) is 1. The molecule has 0 fully saturated rings. The lowest BCUT2D eigenvalue weighted by molar-refractivity contribution is 0.475. The molecule has 0 saturated heterocycles. The van der Waals surface area contributed by atoms with Crippen LogP contribution in [0.2, 0.25) is 0 Å². The first-order valence-corrected chi connectivity index (χ1v) is 4.52. The Kier molecular flexibility index (Phi) is 2.56. The Morgan fingerprint density at radius 3 is 2.38 bits per heavy atom. The van der Waals surface area contributed by atoms with E-state index in [0.29, 0.717) is 0 Å². The fraction of sp³-hybridized carbons (Fsp3) is 0.500. The Labute approximate surface area is 52.4 Å². The molecular weight excluding hydrogens is 147 g/mol. The van der Waals surface area contributed by atoms with Gasteiger partial charge in [0.2, 0.25) is 0 Å². The third kappa shape index (κ3) is 6.04. The van der Waals surface area contributed by atoms with Gasteiger partial charge in [0.25, 0.3) is 0 Å². The summed E-state index contributed by atoms with van der Waals surface area (Å²) in [5.74, 6) is -0.154.